The maximum atomic E-state index is 11.3. The number of hydrogen-bond acceptors (Lipinski definition) is 3. The van der Waals surface area contributed by atoms with E-state index in [9.17, 15) is 4.79 Å². The lowest BCUT2D eigenvalue weighted by Crippen LogP contribution is -2.19. The second kappa shape index (κ2) is 8.83. The fraction of sp³-hybridized carbons (Fsp3) is 0.611. The van der Waals surface area contributed by atoms with Gasteiger partial charge in [-0.05, 0) is 30.0 Å². The zero-order valence-electron chi connectivity index (χ0n) is 13.1. The summed E-state index contributed by atoms with van der Waals surface area (Å²) in [4.78, 5) is 11.3. The van der Waals surface area contributed by atoms with Crippen molar-refractivity contribution in [1.29, 1.82) is 0 Å². The lowest BCUT2D eigenvalue weighted by molar-refractivity contribution is -0.139. The van der Waals surface area contributed by atoms with Gasteiger partial charge in [0.1, 0.15) is 0 Å². The largest absolute Gasteiger partial charge is 0.469 e. The first kappa shape index (κ1) is 16.0. The van der Waals surface area contributed by atoms with Crippen molar-refractivity contribution in [3.8, 4) is 0 Å². The molecule has 0 bridgehead atoms. The molecule has 2 rings (SSSR count). The molecule has 0 aromatic heterocycles. The molecule has 1 fully saturated rings. The molecule has 0 radical (unpaired) electrons. The number of esters is 1. The van der Waals surface area contributed by atoms with Gasteiger partial charge < -0.3 is 10.1 Å². The number of nitrogens with one attached hydrogen (secondary N) is 1. The van der Waals surface area contributed by atoms with Crippen molar-refractivity contribution in [2.24, 2.45) is 5.92 Å². The molecule has 1 aromatic carbocycles. The quantitative estimate of drug-likeness (QED) is 0.617. The van der Waals surface area contributed by atoms with E-state index in [0.29, 0.717) is 6.42 Å². The summed E-state index contributed by atoms with van der Waals surface area (Å²) in [5.74, 6) is 0.745. The van der Waals surface area contributed by atoms with Crippen LogP contribution in [0.3, 0.4) is 0 Å². The Labute approximate surface area is 128 Å². The summed E-state index contributed by atoms with van der Waals surface area (Å²) >= 11 is 0. The fourth-order valence-electron chi connectivity index (χ4n) is 3.10. The zero-order chi connectivity index (χ0) is 14.9. The lowest BCUT2D eigenvalue weighted by Gasteiger charge is -2.21. The maximum Gasteiger partial charge on any atom is 0.309 e. The third kappa shape index (κ3) is 5.88. The van der Waals surface area contributed by atoms with E-state index in [4.69, 9.17) is 4.74 Å². The van der Waals surface area contributed by atoms with E-state index in [2.05, 4.69) is 17.4 Å². The van der Waals surface area contributed by atoms with Crippen LogP contribution in [-0.2, 0) is 22.5 Å². The van der Waals surface area contributed by atoms with Crippen LogP contribution in [0.5, 0.6) is 0 Å². The van der Waals surface area contributed by atoms with Crippen LogP contribution >= 0.6 is 0 Å². The third-order valence-electron chi connectivity index (χ3n) is 4.35. The van der Waals surface area contributed by atoms with Gasteiger partial charge in [-0.1, -0.05) is 56.4 Å². The van der Waals surface area contributed by atoms with Crippen LogP contribution in [0.15, 0.2) is 24.3 Å². The molecular weight excluding hydrogens is 262 g/mol. The van der Waals surface area contributed by atoms with Gasteiger partial charge >= 0.3 is 5.97 Å². The van der Waals surface area contributed by atoms with Crippen molar-refractivity contribution in [3.63, 3.8) is 0 Å². The van der Waals surface area contributed by atoms with Crippen LogP contribution in [0.4, 0.5) is 0 Å². The first-order chi connectivity index (χ1) is 10.3. The standard InChI is InChI=1S/C18H27NO2/c1-21-18(20)13-16-8-5-9-17(12-16)14-19-11-10-15-6-3-2-4-7-15/h5,8-9,12,15,19H,2-4,6-7,10-11,13-14H2,1H3. The molecule has 0 unspecified atom stereocenters. The molecule has 1 N–H and O–H groups in total. The van der Waals surface area contributed by atoms with Crippen LogP contribution in [-0.4, -0.2) is 19.6 Å². The molecule has 1 aliphatic rings. The van der Waals surface area contributed by atoms with Gasteiger partial charge in [0.15, 0.2) is 0 Å². The van der Waals surface area contributed by atoms with Gasteiger partial charge in [-0.2, -0.15) is 0 Å². The van der Waals surface area contributed by atoms with E-state index < -0.39 is 0 Å². The molecule has 116 valence electrons. The number of hydrogen-bond donors (Lipinski definition) is 1. The highest BCUT2D eigenvalue weighted by Crippen LogP contribution is 2.25. The average Bonchev–Trinajstić information content (AvgIpc) is 2.53. The molecule has 0 amide bonds. The molecule has 0 heterocycles. The van der Waals surface area contributed by atoms with Gasteiger partial charge in [0.05, 0.1) is 13.5 Å². The topological polar surface area (TPSA) is 38.3 Å². The van der Waals surface area contributed by atoms with E-state index in [-0.39, 0.29) is 5.97 Å². The molecular formula is C18H27NO2. The molecule has 0 atom stereocenters. The maximum absolute atomic E-state index is 11.3. The number of ether oxygens (including phenoxy) is 1. The Kier molecular flexibility index (Phi) is 6.74. The fourth-order valence-corrected chi connectivity index (χ4v) is 3.10. The Morgan fingerprint density at radius 3 is 2.76 bits per heavy atom. The van der Waals surface area contributed by atoms with E-state index in [0.717, 1.165) is 24.6 Å². The van der Waals surface area contributed by atoms with Crippen molar-refractivity contribution in [1.82, 2.24) is 5.32 Å². The van der Waals surface area contributed by atoms with Crippen molar-refractivity contribution in [3.05, 3.63) is 35.4 Å². The van der Waals surface area contributed by atoms with Gasteiger partial charge in [0.2, 0.25) is 0 Å². The van der Waals surface area contributed by atoms with Crippen LogP contribution in [0.1, 0.15) is 49.7 Å². The zero-order valence-corrected chi connectivity index (χ0v) is 13.1. The highest BCUT2D eigenvalue weighted by atomic mass is 16.5. The first-order valence-electron chi connectivity index (χ1n) is 8.13. The molecule has 1 saturated carbocycles. The molecule has 0 spiro atoms. The SMILES string of the molecule is COC(=O)Cc1cccc(CNCCC2CCCCC2)c1. The minimum absolute atomic E-state index is 0.183. The van der Waals surface area contributed by atoms with E-state index >= 15 is 0 Å². The summed E-state index contributed by atoms with van der Waals surface area (Å²) in [7, 11) is 1.43. The normalized spacial score (nSPS) is 15.9. The Balaban J connectivity index is 1.70. The predicted octanol–water partition coefficient (Wildman–Crippen LogP) is 3.46. The van der Waals surface area contributed by atoms with E-state index in [1.54, 1.807) is 0 Å². The number of carbonyl (C=O) groups excluding carboxylic acids is 1. The van der Waals surface area contributed by atoms with Gasteiger partial charge in [0.25, 0.3) is 0 Å². The molecule has 3 heteroatoms. The second-order valence-corrected chi connectivity index (χ2v) is 6.04. The predicted molar refractivity (Wildman–Crippen MR) is 85.1 cm³/mol. The van der Waals surface area contributed by atoms with E-state index in [1.807, 2.05) is 12.1 Å². The van der Waals surface area contributed by atoms with Gasteiger partial charge in [-0.25, -0.2) is 0 Å². The Morgan fingerprint density at radius 2 is 2.00 bits per heavy atom. The van der Waals surface area contributed by atoms with Gasteiger partial charge in [-0.15, -0.1) is 0 Å². The van der Waals surface area contributed by atoms with Crippen LogP contribution in [0, 0.1) is 5.92 Å². The summed E-state index contributed by atoms with van der Waals surface area (Å²) in [6.07, 6.45) is 8.73. The van der Waals surface area contributed by atoms with Crippen LogP contribution in [0.2, 0.25) is 0 Å². The Morgan fingerprint density at radius 1 is 1.24 bits per heavy atom. The number of carbonyl (C=O) groups is 1. The van der Waals surface area contributed by atoms with E-state index in [1.165, 1.54) is 51.2 Å². The Hall–Kier alpha value is -1.35. The van der Waals surface area contributed by atoms with Crippen molar-refractivity contribution >= 4 is 5.97 Å². The number of rotatable bonds is 7. The third-order valence-corrected chi connectivity index (χ3v) is 4.35. The van der Waals surface area contributed by atoms with Gasteiger partial charge in [0, 0.05) is 6.54 Å². The summed E-state index contributed by atoms with van der Waals surface area (Å²) in [6, 6.07) is 8.18. The second-order valence-electron chi connectivity index (χ2n) is 6.04. The lowest BCUT2D eigenvalue weighted by atomic mass is 9.87. The molecule has 3 nitrogen and oxygen atoms in total. The highest BCUT2D eigenvalue weighted by molar-refractivity contribution is 5.72. The van der Waals surface area contributed by atoms with Crippen LogP contribution in [0.25, 0.3) is 0 Å². The summed E-state index contributed by atoms with van der Waals surface area (Å²) < 4.78 is 4.71. The molecule has 0 aliphatic heterocycles. The molecule has 21 heavy (non-hydrogen) atoms. The van der Waals surface area contributed by atoms with Crippen molar-refractivity contribution < 1.29 is 9.53 Å². The first-order valence-corrected chi connectivity index (χ1v) is 8.13. The summed E-state index contributed by atoms with van der Waals surface area (Å²) in [6.45, 7) is 1.97. The number of methoxy groups -OCH3 is 1. The smallest absolute Gasteiger partial charge is 0.309 e. The van der Waals surface area contributed by atoms with Crippen molar-refractivity contribution in [2.45, 2.75) is 51.5 Å². The minimum atomic E-state index is -0.183. The number of benzene rings is 1. The Bertz CT molecular complexity index is 439. The summed E-state index contributed by atoms with van der Waals surface area (Å²) in [5, 5.41) is 3.53. The monoisotopic (exact) mass is 289 g/mol. The minimum Gasteiger partial charge on any atom is -0.469 e. The van der Waals surface area contributed by atoms with Crippen LogP contribution < -0.4 is 5.32 Å². The summed E-state index contributed by atoms with van der Waals surface area (Å²) in [5.41, 5.74) is 2.26. The molecule has 1 aromatic rings. The highest BCUT2D eigenvalue weighted by Gasteiger charge is 2.12. The van der Waals surface area contributed by atoms with Crippen molar-refractivity contribution in [2.75, 3.05) is 13.7 Å². The molecule has 1 aliphatic carbocycles. The van der Waals surface area contributed by atoms with Gasteiger partial charge in [-0.3, -0.25) is 4.79 Å². The average molecular weight is 289 g/mol. The molecule has 0 saturated heterocycles.